The molecule has 2 amide bonds. The molecule has 0 saturated carbocycles. The van der Waals surface area contributed by atoms with E-state index in [0.717, 1.165) is 0 Å². The molecule has 0 aromatic carbocycles. The van der Waals surface area contributed by atoms with Gasteiger partial charge in [-0.1, -0.05) is 0 Å². The number of carbonyl (C=O) groups is 2. The van der Waals surface area contributed by atoms with Crippen molar-refractivity contribution in [3.63, 3.8) is 0 Å². The van der Waals surface area contributed by atoms with Gasteiger partial charge in [0.25, 0.3) is 0 Å². The van der Waals surface area contributed by atoms with Crippen molar-refractivity contribution < 1.29 is 9.59 Å². The lowest BCUT2D eigenvalue weighted by Gasteiger charge is -2.26. The third kappa shape index (κ3) is 3.87. The highest BCUT2D eigenvalue weighted by Gasteiger charge is 2.30. The topological polar surface area (TPSA) is 98.2 Å². The molecule has 0 radical (unpaired) electrons. The molecule has 0 bridgehead atoms. The molecule has 0 rings (SSSR count). The molecule has 0 spiro atoms. The highest BCUT2D eigenvalue weighted by Crippen LogP contribution is 2.15. The molecular formula is C10H21N3O2. The Balaban J connectivity index is 4.30. The minimum absolute atomic E-state index is 0.167. The summed E-state index contributed by atoms with van der Waals surface area (Å²) in [7, 11) is 0. The predicted octanol–water partition coefficient (Wildman–Crippen LogP) is -0.401. The van der Waals surface area contributed by atoms with Gasteiger partial charge < -0.3 is 16.8 Å². The smallest absolute Gasteiger partial charge is 0.226 e. The highest BCUT2D eigenvalue weighted by atomic mass is 16.2. The number of nitrogens with two attached hydrogens (primary N) is 2. The Morgan fingerprint density at radius 1 is 1.13 bits per heavy atom. The molecule has 5 nitrogen and oxygen atoms in total. The summed E-state index contributed by atoms with van der Waals surface area (Å²) in [6.45, 7) is 7.36. The van der Waals surface area contributed by atoms with Gasteiger partial charge in [-0.3, -0.25) is 9.59 Å². The molecule has 5 N–H and O–H groups in total. The van der Waals surface area contributed by atoms with E-state index in [1.165, 1.54) is 0 Å². The first-order valence-corrected chi connectivity index (χ1v) is 4.92. The van der Waals surface area contributed by atoms with Gasteiger partial charge in [0.2, 0.25) is 11.8 Å². The van der Waals surface area contributed by atoms with Crippen LogP contribution in [0.15, 0.2) is 0 Å². The summed E-state index contributed by atoms with van der Waals surface area (Å²) in [5, 5.41) is 2.68. The van der Waals surface area contributed by atoms with Crippen LogP contribution in [0.5, 0.6) is 0 Å². The second kappa shape index (κ2) is 4.61. The van der Waals surface area contributed by atoms with E-state index >= 15 is 0 Å². The maximum Gasteiger partial charge on any atom is 0.226 e. The minimum atomic E-state index is -0.736. The molecule has 0 saturated heterocycles. The van der Waals surface area contributed by atoms with Crippen LogP contribution in [-0.2, 0) is 9.59 Å². The lowest BCUT2D eigenvalue weighted by molar-refractivity contribution is -0.130. The normalized spacial score (nSPS) is 12.3. The molecule has 0 atom stereocenters. The number of amides is 2. The van der Waals surface area contributed by atoms with E-state index in [-0.39, 0.29) is 19.0 Å². The fraction of sp³-hybridized carbons (Fsp3) is 0.800. The SMILES string of the molecule is CC(C)(CNC(=O)C(C)(C)CN)C(N)=O. The van der Waals surface area contributed by atoms with E-state index in [4.69, 9.17) is 11.5 Å². The van der Waals surface area contributed by atoms with Gasteiger partial charge >= 0.3 is 0 Å². The molecule has 0 unspecified atom stereocenters. The fourth-order valence-corrected chi connectivity index (χ4v) is 0.720. The van der Waals surface area contributed by atoms with Crippen molar-refractivity contribution >= 4 is 11.8 Å². The quantitative estimate of drug-likeness (QED) is 0.582. The lowest BCUT2D eigenvalue weighted by atomic mass is 9.89. The number of nitrogens with one attached hydrogen (secondary N) is 1. The Kier molecular flexibility index (Phi) is 4.27. The summed E-state index contributed by atoms with van der Waals surface area (Å²) in [6, 6.07) is 0. The second-order valence-electron chi connectivity index (χ2n) is 5.02. The highest BCUT2D eigenvalue weighted by molar-refractivity contribution is 5.84. The summed E-state index contributed by atoms with van der Waals surface area (Å²) in [6.07, 6.45) is 0. The van der Waals surface area contributed by atoms with Crippen LogP contribution >= 0.6 is 0 Å². The first-order valence-electron chi connectivity index (χ1n) is 4.92. The molecule has 0 aliphatic heterocycles. The maximum atomic E-state index is 11.6. The van der Waals surface area contributed by atoms with Crippen LogP contribution < -0.4 is 16.8 Å². The molecule has 0 aromatic heterocycles. The Hall–Kier alpha value is -1.10. The largest absolute Gasteiger partial charge is 0.369 e. The minimum Gasteiger partial charge on any atom is -0.369 e. The van der Waals surface area contributed by atoms with Gasteiger partial charge in [0.15, 0.2) is 0 Å². The molecule has 0 heterocycles. The molecule has 0 aliphatic rings. The summed E-state index contributed by atoms with van der Waals surface area (Å²) in [4.78, 5) is 22.6. The number of hydrogen-bond acceptors (Lipinski definition) is 3. The van der Waals surface area contributed by atoms with Crippen LogP contribution in [0.1, 0.15) is 27.7 Å². The summed E-state index contributed by atoms with van der Waals surface area (Å²) >= 11 is 0. The molecule has 5 heteroatoms. The number of rotatable bonds is 5. The maximum absolute atomic E-state index is 11.6. The van der Waals surface area contributed by atoms with Crippen molar-refractivity contribution in [2.24, 2.45) is 22.3 Å². The Morgan fingerprint density at radius 2 is 1.60 bits per heavy atom. The van der Waals surface area contributed by atoms with E-state index in [2.05, 4.69) is 5.32 Å². The van der Waals surface area contributed by atoms with Crippen LogP contribution in [-0.4, -0.2) is 24.9 Å². The van der Waals surface area contributed by atoms with Crippen molar-refractivity contribution in [2.45, 2.75) is 27.7 Å². The molecule has 0 aromatic rings. The lowest BCUT2D eigenvalue weighted by Crippen LogP contribution is -2.48. The zero-order valence-electron chi connectivity index (χ0n) is 9.89. The summed E-state index contributed by atoms with van der Waals surface area (Å²) < 4.78 is 0. The number of primary amides is 1. The summed E-state index contributed by atoms with van der Waals surface area (Å²) in [5.74, 6) is -0.604. The monoisotopic (exact) mass is 215 g/mol. The molecule has 88 valence electrons. The van der Waals surface area contributed by atoms with Crippen LogP contribution in [0.2, 0.25) is 0 Å². The van der Waals surface area contributed by atoms with Gasteiger partial charge in [-0.05, 0) is 27.7 Å². The van der Waals surface area contributed by atoms with E-state index < -0.39 is 16.7 Å². The average molecular weight is 215 g/mol. The number of carbonyl (C=O) groups excluding carboxylic acids is 2. The van der Waals surface area contributed by atoms with Crippen molar-refractivity contribution in [3.05, 3.63) is 0 Å². The molecule has 0 fully saturated rings. The predicted molar refractivity (Wildman–Crippen MR) is 58.8 cm³/mol. The van der Waals surface area contributed by atoms with E-state index in [1.807, 2.05) is 0 Å². The van der Waals surface area contributed by atoms with Crippen LogP contribution in [0, 0.1) is 10.8 Å². The van der Waals surface area contributed by atoms with Crippen molar-refractivity contribution in [1.29, 1.82) is 0 Å². The Morgan fingerprint density at radius 3 is 1.93 bits per heavy atom. The van der Waals surface area contributed by atoms with Gasteiger partial charge in [0.05, 0.1) is 10.8 Å². The molecular weight excluding hydrogens is 194 g/mol. The first-order chi connectivity index (χ1) is 6.63. The van der Waals surface area contributed by atoms with Gasteiger partial charge in [0.1, 0.15) is 0 Å². The van der Waals surface area contributed by atoms with Crippen LogP contribution in [0.4, 0.5) is 0 Å². The molecule has 0 aliphatic carbocycles. The van der Waals surface area contributed by atoms with Crippen LogP contribution in [0.3, 0.4) is 0 Å². The Labute approximate surface area is 90.6 Å². The van der Waals surface area contributed by atoms with E-state index in [1.54, 1.807) is 27.7 Å². The van der Waals surface area contributed by atoms with Crippen molar-refractivity contribution in [1.82, 2.24) is 5.32 Å². The first kappa shape index (κ1) is 13.9. The average Bonchev–Trinajstić information content (AvgIpc) is 2.13. The third-order valence-corrected chi connectivity index (χ3v) is 2.48. The summed E-state index contributed by atoms with van der Waals surface area (Å²) in [5.41, 5.74) is 9.28. The number of hydrogen-bond donors (Lipinski definition) is 3. The second-order valence-corrected chi connectivity index (χ2v) is 5.02. The Bertz CT molecular complexity index is 259. The fourth-order valence-electron chi connectivity index (χ4n) is 0.720. The zero-order chi connectivity index (χ0) is 12.3. The van der Waals surface area contributed by atoms with Crippen molar-refractivity contribution in [3.8, 4) is 0 Å². The van der Waals surface area contributed by atoms with E-state index in [0.29, 0.717) is 0 Å². The standard InChI is InChI=1S/C10H21N3O2/c1-9(2,5-11)8(15)13-6-10(3,4)7(12)14/h5-6,11H2,1-4H3,(H2,12,14)(H,13,15). The molecule has 15 heavy (non-hydrogen) atoms. The van der Waals surface area contributed by atoms with Gasteiger partial charge in [-0.2, -0.15) is 0 Å². The third-order valence-electron chi connectivity index (χ3n) is 2.48. The van der Waals surface area contributed by atoms with E-state index in [9.17, 15) is 9.59 Å². The van der Waals surface area contributed by atoms with Gasteiger partial charge in [0, 0.05) is 13.1 Å². The zero-order valence-corrected chi connectivity index (χ0v) is 9.89. The van der Waals surface area contributed by atoms with Crippen molar-refractivity contribution in [2.75, 3.05) is 13.1 Å². The van der Waals surface area contributed by atoms with Gasteiger partial charge in [-0.15, -0.1) is 0 Å². The van der Waals surface area contributed by atoms with Gasteiger partial charge in [-0.25, -0.2) is 0 Å². The van der Waals surface area contributed by atoms with Crippen LogP contribution in [0.25, 0.3) is 0 Å².